The average Bonchev–Trinajstić information content (AvgIpc) is 1.80. The number of hydrogen-bond acceptors (Lipinski definition) is 47. The number of nitriles is 2. The molecule has 10 N–H and O–H groups in total. The molecule has 5 saturated heterocycles. The van der Waals surface area contributed by atoms with Crippen LogP contribution in [0.3, 0.4) is 0 Å². The van der Waals surface area contributed by atoms with Crippen molar-refractivity contribution in [3.8, 4) is 12.1 Å². The van der Waals surface area contributed by atoms with Crippen LogP contribution < -0.4 is 72.2 Å². The van der Waals surface area contributed by atoms with E-state index in [2.05, 4.69) is 119 Å². The summed E-state index contributed by atoms with van der Waals surface area (Å²) in [5.74, 6) is 5.08. The molecule has 0 unspecified atom stereocenters. The van der Waals surface area contributed by atoms with Crippen LogP contribution in [0.1, 0.15) is 158 Å². The fourth-order valence-corrected chi connectivity index (χ4v) is 20.9. The van der Waals surface area contributed by atoms with Crippen LogP contribution in [0.5, 0.6) is 0 Å². The lowest BCUT2D eigenvalue weighted by Gasteiger charge is -2.34. The number of nitrogens with two attached hydrogens (primary N) is 1. The minimum Gasteiger partial charge on any atom is -0.462 e. The summed E-state index contributed by atoms with van der Waals surface area (Å²) in [6.07, 6.45) is 6.87. The number of nitrogens with one attached hydrogen (secondary N) is 8. The number of thiazole rings is 4. The first-order valence-corrected chi connectivity index (χ1v) is 56.7. The van der Waals surface area contributed by atoms with Crippen molar-refractivity contribution in [1.29, 1.82) is 10.5 Å². The highest BCUT2D eigenvalue weighted by Gasteiger charge is 2.31. The van der Waals surface area contributed by atoms with Gasteiger partial charge in [0.2, 0.25) is 33.8 Å². The number of aryl methyl sites for hydroxylation is 4. The van der Waals surface area contributed by atoms with E-state index in [-0.39, 0.29) is 71.6 Å². The van der Waals surface area contributed by atoms with Gasteiger partial charge in [-0.15, -0.1) is 0 Å². The third kappa shape index (κ3) is 31.8. The molecule has 0 saturated carbocycles. The number of carbonyl (C=O) groups is 6. The van der Waals surface area contributed by atoms with Crippen molar-refractivity contribution in [2.75, 3.05) is 197 Å². The minimum atomic E-state index is -3.43. The fraction of sp³-hybridized carbons (Fsp3) is 0.438. The maximum atomic E-state index is 12.2. The molecular weight excluding hydrogens is 2060 g/mol. The monoisotopic (exact) mass is 2170 g/mol. The smallest absolute Gasteiger partial charge is 0.350 e. The van der Waals surface area contributed by atoms with Crippen LogP contribution in [0, 0.1) is 62.2 Å². The van der Waals surface area contributed by atoms with Crippen molar-refractivity contribution < 1.29 is 77.7 Å². The van der Waals surface area contributed by atoms with E-state index < -0.39 is 58.9 Å². The number of rotatable bonds is 35. The SMILES string of the molecule is CCOC(=O)c1sc(Nc2nc(N3CCC(C#N)CC3)cc(N3CCC(C#N)CC3)n2)nc1C.CCOC(=O)c1sc(Nc2nc(NCc3ccc(NS(=O)(=O)C(C)C)cc3)cc(N3CCCC(=O)C3)n2)nc1C.CCOC(=O)c1sc(Nc2nc(NCc3ccc(S(C)(=O)=O)cc3)cc(N3CCN(C(N)=O)CC3)n2)nc1C.CCOC(=O)c1sc(Nc2nc(NCc3ccc(S(C)(=O)=O)cc3)cc(N3CCOCC3)n2)nc1C. The number of hydrogen-bond donors (Lipinski definition) is 9. The van der Waals surface area contributed by atoms with Crippen LogP contribution in [0.4, 0.5) is 101 Å². The largest absolute Gasteiger partial charge is 0.462 e. The molecule has 0 bridgehead atoms. The third-order valence-corrected chi connectivity index (χ3v) is 31.8. The number of nitrogens with zero attached hydrogens (tertiary/aromatic N) is 20. The maximum Gasteiger partial charge on any atom is 0.350 e. The molecule has 2 amide bonds. The number of esters is 4. The fourth-order valence-electron chi connectivity index (χ4n) is 15.5. The number of amides is 2. The molecular formula is C96H119N29O17S7. The highest BCUT2D eigenvalue weighted by molar-refractivity contribution is 7.93. The average molecular weight is 2180 g/mol. The van der Waals surface area contributed by atoms with Crippen molar-refractivity contribution in [2.45, 2.75) is 142 Å². The van der Waals surface area contributed by atoms with Crippen LogP contribution in [0.15, 0.2) is 107 Å². The summed E-state index contributed by atoms with van der Waals surface area (Å²) in [6.45, 7) is 28.2. The quantitative estimate of drug-likeness (QED) is 0.0132. The third-order valence-electron chi connectivity index (χ3n) is 23.5. The van der Waals surface area contributed by atoms with Crippen LogP contribution in [0.2, 0.25) is 0 Å². The van der Waals surface area contributed by atoms with E-state index >= 15 is 0 Å². The summed E-state index contributed by atoms with van der Waals surface area (Å²) in [5.41, 5.74) is 10.8. The molecule has 0 spiro atoms. The summed E-state index contributed by atoms with van der Waals surface area (Å²) < 4.78 is 99.6. The lowest BCUT2D eigenvalue weighted by molar-refractivity contribution is -0.118. The first kappa shape index (κ1) is 112. The number of piperidine rings is 3. The number of urea groups is 1. The van der Waals surface area contributed by atoms with Gasteiger partial charge in [-0.05, 0) is 154 Å². The molecule has 3 aromatic carbocycles. The zero-order valence-electron chi connectivity index (χ0n) is 84.4. The number of morpholine rings is 1. The van der Waals surface area contributed by atoms with Gasteiger partial charge < -0.3 is 74.8 Å². The number of aromatic nitrogens is 12. The number of sulfone groups is 2. The van der Waals surface area contributed by atoms with Crippen molar-refractivity contribution >= 4 is 207 Å². The van der Waals surface area contributed by atoms with E-state index in [1.54, 1.807) is 147 Å². The first-order chi connectivity index (χ1) is 71.3. The normalized spacial score (nSPS) is 14.6. The van der Waals surface area contributed by atoms with Gasteiger partial charge in [0.15, 0.2) is 46.0 Å². The van der Waals surface area contributed by atoms with Crippen LogP contribution >= 0.6 is 45.3 Å². The Morgan fingerprint density at radius 1 is 0.430 bits per heavy atom. The van der Waals surface area contributed by atoms with E-state index in [0.717, 1.165) is 115 Å². The molecule has 8 aromatic heterocycles. The van der Waals surface area contributed by atoms with Crippen LogP contribution in [-0.2, 0) is 77.8 Å². The number of benzene rings is 3. The first-order valence-electron chi connectivity index (χ1n) is 48.1. The highest BCUT2D eigenvalue weighted by atomic mass is 32.2. The Hall–Kier alpha value is -14.5. The summed E-state index contributed by atoms with van der Waals surface area (Å²) in [6, 6.07) is 32.1. The zero-order valence-corrected chi connectivity index (χ0v) is 90.1. The van der Waals surface area contributed by atoms with Gasteiger partial charge in [-0.1, -0.05) is 81.7 Å². The van der Waals surface area contributed by atoms with Gasteiger partial charge >= 0.3 is 29.9 Å². The van der Waals surface area contributed by atoms with E-state index in [1.165, 1.54) is 35.2 Å². The molecule has 149 heavy (non-hydrogen) atoms. The Kier molecular flexibility index (Phi) is 38.9. The van der Waals surface area contributed by atoms with Crippen LogP contribution in [0.25, 0.3) is 0 Å². The summed E-state index contributed by atoms with van der Waals surface area (Å²) >= 11 is 4.70. The Bertz CT molecular complexity index is 6950. The zero-order chi connectivity index (χ0) is 107. The number of ketones is 1. The van der Waals surface area contributed by atoms with E-state index in [1.807, 2.05) is 34.1 Å². The predicted octanol–water partition coefficient (Wildman–Crippen LogP) is 13.1. The van der Waals surface area contributed by atoms with E-state index in [9.17, 15) is 64.5 Å². The van der Waals surface area contributed by atoms with Gasteiger partial charge in [0.25, 0.3) is 0 Å². The molecule has 5 aliphatic heterocycles. The summed E-state index contributed by atoms with van der Waals surface area (Å²) in [4.78, 5) is 142. The van der Waals surface area contributed by atoms with Crippen molar-refractivity contribution in [2.24, 2.45) is 17.6 Å². The van der Waals surface area contributed by atoms with Gasteiger partial charge in [0, 0.05) is 152 Å². The Morgan fingerprint density at radius 3 is 1.05 bits per heavy atom. The molecule has 0 atom stereocenters. The molecule has 5 aliphatic rings. The Balaban J connectivity index is 0.000000166. The molecule has 11 aromatic rings. The van der Waals surface area contributed by atoms with E-state index in [4.69, 9.17) is 39.4 Å². The molecule has 13 heterocycles. The topological polar surface area (TPSA) is 595 Å². The number of carbonyl (C=O) groups excluding carboxylic acids is 6. The Morgan fingerprint density at radius 2 is 0.738 bits per heavy atom. The molecule has 0 aliphatic carbocycles. The summed E-state index contributed by atoms with van der Waals surface area (Å²) in [5, 5.41) is 42.1. The van der Waals surface area contributed by atoms with E-state index in [0.29, 0.717) is 201 Å². The van der Waals surface area contributed by atoms with Gasteiger partial charge in [0.1, 0.15) is 66.1 Å². The van der Waals surface area contributed by atoms with Gasteiger partial charge in [-0.25, -0.2) is 69.2 Å². The van der Waals surface area contributed by atoms with Gasteiger partial charge in [-0.3, -0.25) is 30.8 Å². The molecule has 53 heteroatoms. The number of piperazine rings is 1. The lowest BCUT2D eigenvalue weighted by atomic mass is 9.98. The molecule has 792 valence electrons. The number of sulfonamides is 1. The summed E-state index contributed by atoms with van der Waals surface area (Å²) in [7, 11) is -9.96. The van der Waals surface area contributed by atoms with Crippen molar-refractivity contribution in [3.05, 3.63) is 156 Å². The molecule has 0 radical (unpaired) electrons. The van der Waals surface area contributed by atoms with Crippen LogP contribution in [-0.4, -0.2) is 262 Å². The van der Waals surface area contributed by atoms with Gasteiger partial charge in [0.05, 0.1) is 96.1 Å². The second-order valence-electron chi connectivity index (χ2n) is 34.9. The standard InChI is InChI=1S/C26H33N7O5S2.C24H30N8O5S2.C23H28N8O2S.C23H28N6O5S2/c1-5-38-24(35)23-17(4)28-26(39-23)31-25-29-21(13-22(30-25)33-12-6-7-20(34)15-33)27-14-18-8-10-19(11-9-18)32-40(36,37)16(2)3;1-4-37-21(33)20-15(2)27-24(38-20)30-23-28-18(26-14-16-5-7-17(8-6-16)39(3,35)36)13-19(29-23)31-9-11-32(12-10-31)22(25)34;1-3-33-21(32)20-15(2)26-23(34-20)29-22-27-18(30-8-4-16(13-24)5-9-30)12-19(28-22)31-10-6-17(14-25)7-11-31;1-4-34-21(30)20-15(2)25-23(35-20)28-22-26-18(13-19(27-22)29-9-11-33-12-10-29)24-14-16-5-7-17(8-6-16)36(3,31)32/h8-11,13,16,32H,5-7,12,14-15H2,1-4H3,(H2,27,28,29,30,31);5-8,13H,4,9-12,14H2,1-3H3,(H2,25,34)(H2,26,27,28,29,30);12,16-17H,3-11H2,1-2H3,(H,26,27,28,29);5-8,13H,4,9-12,14H2,1-3H3,(H2,24,25,26,27,28). The molecule has 16 rings (SSSR count). The van der Waals surface area contributed by atoms with Crippen molar-refractivity contribution in [3.63, 3.8) is 0 Å². The highest BCUT2D eigenvalue weighted by Crippen LogP contribution is 2.37. The second kappa shape index (κ2) is 51.9. The maximum absolute atomic E-state index is 12.2. The van der Waals surface area contributed by atoms with Gasteiger partial charge in [-0.2, -0.15) is 50.4 Å². The second-order valence-corrected chi connectivity index (χ2v) is 45.1. The Labute approximate surface area is 879 Å². The lowest BCUT2D eigenvalue weighted by Crippen LogP contribution is -2.50. The number of ether oxygens (including phenoxy) is 5. The molecule has 5 fully saturated rings. The number of Topliss-reactive ketones (excluding diaryl/α,β-unsaturated/α-hetero) is 1. The predicted molar refractivity (Wildman–Crippen MR) is 572 cm³/mol. The number of primary amides is 1. The minimum absolute atomic E-state index is 0.0831. The number of anilines is 17. The molecule has 46 nitrogen and oxygen atoms in total. The van der Waals surface area contributed by atoms with Crippen molar-refractivity contribution in [1.82, 2.24) is 64.7 Å².